The fraction of sp³-hybridized carbons (Fsp3) is 0.167. The molecule has 0 amide bonds. The zero-order chi connectivity index (χ0) is 17.4. The molecule has 0 aliphatic heterocycles. The van der Waals surface area contributed by atoms with Gasteiger partial charge in [0.15, 0.2) is 10.3 Å². The van der Waals surface area contributed by atoms with Crippen LogP contribution in [0.5, 0.6) is 0 Å². The summed E-state index contributed by atoms with van der Waals surface area (Å²) in [7, 11) is 1.74. The molecule has 0 aliphatic carbocycles. The molecule has 0 atom stereocenters. The van der Waals surface area contributed by atoms with Gasteiger partial charge < -0.3 is 10.6 Å². The molecule has 0 unspecified atom stereocenters. The molecule has 2 aromatic heterocycles. The molecular weight excluding hydrogens is 350 g/mol. The zero-order valence-corrected chi connectivity index (χ0v) is 15.8. The van der Waals surface area contributed by atoms with E-state index in [1.54, 1.807) is 29.7 Å². The summed E-state index contributed by atoms with van der Waals surface area (Å²) < 4.78 is 2.30. The molecule has 2 heterocycles. The first-order chi connectivity index (χ1) is 12.1. The number of hydrogen-bond donors (Lipinski definition) is 2. The first-order valence-corrected chi connectivity index (χ1v) is 9.49. The second-order valence-electron chi connectivity index (χ2n) is 5.80. The Balaban J connectivity index is 1.56. The summed E-state index contributed by atoms with van der Waals surface area (Å²) in [5.41, 5.74) is 4.41. The fourth-order valence-corrected chi connectivity index (χ4v) is 4.22. The number of fused-ring (bicyclic) bond motifs is 2. The molecule has 4 aromatic rings. The monoisotopic (exact) mass is 367 g/mol. The first kappa shape index (κ1) is 16.0. The van der Waals surface area contributed by atoms with Crippen LogP contribution >= 0.6 is 22.7 Å². The second-order valence-corrected chi connectivity index (χ2v) is 7.86. The third-order valence-corrected chi connectivity index (χ3v) is 5.66. The molecule has 0 radical (unpaired) electrons. The number of aliphatic imine (C=N–C) groups is 1. The van der Waals surface area contributed by atoms with E-state index in [1.807, 2.05) is 0 Å². The van der Waals surface area contributed by atoms with Crippen molar-refractivity contribution < 1.29 is 0 Å². The Kier molecular flexibility index (Phi) is 4.10. The van der Waals surface area contributed by atoms with Crippen molar-refractivity contribution in [1.82, 2.24) is 9.97 Å². The van der Waals surface area contributed by atoms with Crippen LogP contribution in [-0.4, -0.2) is 23.0 Å². The van der Waals surface area contributed by atoms with Crippen molar-refractivity contribution in [3.63, 3.8) is 0 Å². The highest BCUT2D eigenvalue weighted by Crippen LogP contribution is 2.28. The lowest BCUT2D eigenvalue weighted by atomic mass is 10.2. The van der Waals surface area contributed by atoms with Gasteiger partial charge in [-0.05, 0) is 49.2 Å². The summed E-state index contributed by atoms with van der Waals surface area (Å²) in [6.45, 7) is 4.14. The lowest BCUT2D eigenvalue weighted by Gasteiger charge is -2.06. The third kappa shape index (κ3) is 3.33. The van der Waals surface area contributed by atoms with Crippen LogP contribution in [0.4, 0.5) is 10.3 Å². The maximum absolute atomic E-state index is 4.63. The van der Waals surface area contributed by atoms with E-state index < -0.39 is 0 Å². The van der Waals surface area contributed by atoms with E-state index in [1.165, 1.54) is 11.1 Å². The number of anilines is 2. The average Bonchev–Trinajstić information content (AvgIpc) is 3.16. The van der Waals surface area contributed by atoms with Crippen molar-refractivity contribution in [3.8, 4) is 0 Å². The minimum Gasteiger partial charge on any atom is -0.302 e. The first-order valence-electron chi connectivity index (χ1n) is 7.86. The van der Waals surface area contributed by atoms with Gasteiger partial charge in [-0.25, -0.2) is 9.97 Å². The maximum atomic E-state index is 4.63. The Bertz CT molecular complexity index is 1010. The SMILES string of the molecule is CN=C(Nc1nc2cc(C)ccc2s1)Nc1nc2cc(C)ccc2s1. The number of thiazole rings is 2. The third-order valence-electron chi connectivity index (χ3n) is 3.76. The van der Waals surface area contributed by atoms with Crippen molar-refractivity contribution >= 4 is 59.3 Å². The molecular formula is C18H17N5S2. The van der Waals surface area contributed by atoms with Crippen molar-refractivity contribution in [3.05, 3.63) is 47.5 Å². The highest BCUT2D eigenvalue weighted by molar-refractivity contribution is 7.23. The van der Waals surface area contributed by atoms with E-state index in [-0.39, 0.29) is 0 Å². The van der Waals surface area contributed by atoms with E-state index in [0.29, 0.717) is 5.96 Å². The number of benzene rings is 2. The number of aryl methyl sites for hydroxylation is 2. The minimum absolute atomic E-state index is 0.631. The van der Waals surface area contributed by atoms with Gasteiger partial charge in [-0.15, -0.1) is 0 Å². The smallest absolute Gasteiger partial charge is 0.203 e. The van der Waals surface area contributed by atoms with Crippen LogP contribution in [0.25, 0.3) is 20.4 Å². The highest BCUT2D eigenvalue weighted by atomic mass is 32.1. The standard InChI is InChI=1S/C18H17N5S2/c1-10-4-6-14-12(8-10)20-17(24-14)22-16(19-3)23-18-21-13-9-11(2)5-7-15(13)25-18/h4-9H,1-3H3,(H2,19,20,21,22,23). The van der Waals surface area contributed by atoms with Crippen molar-refractivity contribution in [2.24, 2.45) is 4.99 Å². The maximum Gasteiger partial charge on any atom is 0.203 e. The minimum atomic E-state index is 0.631. The van der Waals surface area contributed by atoms with E-state index in [0.717, 1.165) is 30.7 Å². The molecule has 0 fully saturated rings. The topological polar surface area (TPSA) is 62.2 Å². The molecule has 0 saturated heterocycles. The predicted octanol–water partition coefficient (Wildman–Crippen LogP) is 5.03. The lowest BCUT2D eigenvalue weighted by molar-refractivity contribution is 1.36. The molecule has 0 aliphatic rings. The Labute approximate surface area is 153 Å². The molecule has 5 nitrogen and oxygen atoms in total. The van der Waals surface area contributed by atoms with Crippen LogP contribution < -0.4 is 10.6 Å². The van der Waals surface area contributed by atoms with Gasteiger partial charge in [0.1, 0.15) is 0 Å². The van der Waals surface area contributed by atoms with Gasteiger partial charge in [0.05, 0.1) is 20.4 Å². The van der Waals surface area contributed by atoms with Gasteiger partial charge in [-0.3, -0.25) is 4.99 Å². The van der Waals surface area contributed by atoms with Crippen LogP contribution in [0.15, 0.2) is 41.4 Å². The largest absolute Gasteiger partial charge is 0.302 e. The molecule has 0 bridgehead atoms. The summed E-state index contributed by atoms with van der Waals surface area (Å²) in [4.78, 5) is 13.5. The molecule has 2 N–H and O–H groups in total. The quantitative estimate of drug-likeness (QED) is 0.385. The zero-order valence-electron chi connectivity index (χ0n) is 14.1. The Hall–Kier alpha value is -2.51. The lowest BCUT2D eigenvalue weighted by Crippen LogP contribution is -2.21. The van der Waals surface area contributed by atoms with Crippen molar-refractivity contribution in [2.75, 3.05) is 17.7 Å². The van der Waals surface area contributed by atoms with Crippen molar-refractivity contribution in [1.29, 1.82) is 0 Å². The number of nitrogens with zero attached hydrogens (tertiary/aromatic N) is 3. The molecule has 0 spiro atoms. The molecule has 7 heteroatoms. The van der Waals surface area contributed by atoms with E-state index in [9.17, 15) is 0 Å². The van der Waals surface area contributed by atoms with Gasteiger partial charge in [0, 0.05) is 7.05 Å². The summed E-state index contributed by atoms with van der Waals surface area (Å²) in [5.74, 6) is 0.631. The van der Waals surface area contributed by atoms with Crippen LogP contribution in [-0.2, 0) is 0 Å². The normalized spacial score (nSPS) is 11.0. The van der Waals surface area contributed by atoms with Gasteiger partial charge in [0.25, 0.3) is 0 Å². The molecule has 2 aromatic carbocycles. The Morgan fingerprint density at radius 1 is 0.840 bits per heavy atom. The summed E-state index contributed by atoms with van der Waals surface area (Å²) in [5, 5.41) is 8.13. The molecule has 126 valence electrons. The van der Waals surface area contributed by atoms with E-state index >= 15 is 0 Å². The number of aromatic nitrogens is 2. The van der Waals surface area contributed by atoms with Crippen LogP contribution in [0, 0.1) is 13.8 Å². The Morgan fingerprint density at radius 2 is 1.32 bits per heavy atom. The molecule has 0 saturated carbocycles. The van der Waals surface area contributed by atoms with Gasteiger partial charge in [-0.2, -0.15) is 0 Å². The van der Waals surface area contributed by atoms with Gasteiger partial charge in [-0.1, -0.05) is 34.8 Å². The predicted molar refractivity (Wildman–Crippen MR) is 109 cm³/mol. The van der Waals surface area contributed by atoms with Gasteiger partial charge >= 0.3 is 0 Å². The van der Waals surface area contributed by atoms with Crippen molar-refractivity contribution in [2.45, 2.75) is 13.8 Å². The molecule has 4 rings (SSSR count). The number of guanidine groups is 1. The van der Waals surface area contributed by atoms with Crippen LogP contribution in [0.1, 0.15) is 11.1 Å². The number of hydrogen-bond acceptors (Lipinski definition) is 5. The Morgan fingerprint density at radius 3 is 1.76 bits per heavy atom. The summed E-state index contributed by atoms with van der Waals surface area (Å²) in [6.07, 6.45) is 0. The number of rotatable bonds is 2. The number of nitrogens with one attached hydrogen (secondary N) is 2. The highest BCUT2D eigenvalue weighted by Gasteiger charge is 2.09. The van der Waals surface area contributed by atoms with Crippen LogP contribution in [0.2, 0.25) is 0 Å². The summed E-state index contributed by atoms with van der Waals surface area (Å²) >= 11 is 3.21. The van der Waals surface area contributed by atoms with Crippen LogP contribution in [0.3, 0.4) is 0 Å². The van der Waals surface area contributed by atoms with E-state index in [4.69, 9.17) is 0 Å². The second kappa shape index (κ2) is 6.42. The average molecular weight is 368 g/mol. The van der Waals surface area contributed by atoms with Gasteiger partial charge in [0.2, 0.25) is 5.96 Å². The fourth-order valence-electron chi connectivity index (χ4n) is 2.53. The molecule has 25 heavy (non-hydrogen) atoms. The van der Waals surface area contributed by atoms with E-state index in [2.05, 4.69) is 75.8 Å². The summed E-state index contributed by atoms with van der Waals surface area (Å²) in [6, 6.07) is 12.6.